The van der Waals surface area contributed by atoms with Gasteiger partial charge < -0.3 is 19.9 Å². The van der Waals surface area contributed by atoms with Crippen molar-refractivity contribution < 1.29 is 14.3 Å². The first kappa shape index (κ1) is 19.3. The summed E-state index contributed by atoms with van der Waals surface area (Å²) in [4.78, 5) is 28.0. The minimum absolute atomic E-state index is 0.104. The summed E-state index contributed by atoms with van der Waals surface area (Å²) in [6, 6.07) is 13.9. The van der Waals surface area contributed by atoms with E-state index in [4.69, 9.17) is 27.9 Å². The van der Waals surface area contributed by atoms with Gasteiger partial charge in [-0.05, 0) is 30.3 Å². The summed E-state index contributed by atoms with van der Waals surface area (Å²) in [6.07, 6.45) is 0. The van der Waals surface area contributed by atoms with Crippen LogP contribution in [0, 0.1) is 0 Å². The maximum atomic E-state index is 12.3. The molecule has 27 heavy (non-hydrogen) atoms. The van der Waals surface area contributed by atoms with Gasteiger partial charge in [0.2, 0.25) is 0 Å². The van der Waals surface area contributed by atoms with Crippen LogP contribution in [0.2, 0.25) is 10.0 Å². The second kappa shape index (κ2) is 8.97. The molecule has 1 saturated heterocycles. The Labute approximate surface area is 167 Å². The van der Waals surface area contributed by atoms with E-state index in [9.17, 15) is 9.59 Å². The first-order valence-electron chi connectivity index (χ1n) is 8.49. The number of benzene rings is 2. The summed E-state index contributed by atoms with van der Waals surface area (Å²) in [6.45, 7) is 1.75. The number of piperazine rings is 1. The molecule has 1 aliphatic heterocycles. The van der Waals surface area contributed by atoms with Crippen molar-refractivity contribution in [2.45, 2.75) is 0 Å². The summed E-state index contributed by atoms with van der Waals surface area (Å²) >= 11 is 11.8. The minimum Gasteiger partial charge on any atom is -0.484 e. The highest BCUT2D eigenvalue weighted by Gasteiger charge is 2.24. The maximum Gasteiger partial charge on any atom is 0.321 e. The maximum absolute atomic E-state index is 12.3. The van der Waals surface area contributed by atoms with Gasteiger partial charge in [-0.1, -0.05) is 41.4 Å². The smallest absolute Gasteiger partial charge is 0.321 e. The number of halogens is 2. The Morgan fingerprint density at radius 3 is 2.15 bits per heavy atom. The number of rotatable bonds is 4. The Bertz CT molecular complexity index is 789. The summed E-state index contributed by atoms with van der Waals surface area (Å²) in [5.41, 5.74) is 0.745. The van der Waals surface area contributed by atoms with Gasteiger partial charge in [0.05, 0.1) is 0 Å². The largest absolute Gasteiger partial charge is 0.484 e. The van der Waals surface area contributed by atoms with Gasteiger partial charge in [-0.15, -0.1) is 0 Å². The third kappa shape index (κ3) is 5.52. The molecule has 6 nitrogen and oxygen atoms in total. The molecule has 1 fully saturated rings. The Morgan fingerprint density at radius 1 is 0.926 bits per heavy atom. The number of hydrogen-bond acceptors (Lipinski definition) is 3. The van der Waals surface area contributed by atoms with Crippen LogP contribution in [0.25, 0.3) is 0 Å². The highest BCUT2D eigenvalue weighted by Crippen LogP contribution is 2.24. The summed E-state index contributed by atoms with van der Waals surface area (Å²) < 4.78 is 5.48. The molecule has 3 amide bonds. The number of para-hydroxylation sites is 1. The molecule has 1 aliphatic rings. The van der Waals surface area contributed by atoms with Crippen molar-refractivity contribution >= 4 is 40.8 Å². The van der Waals surface area contributed by atoms with Gasteiger partial charge in [0.1, 0.15) is 5.75 Å². The van der Waals surface area contributed by atoms with E-state index in [-0.39, 0.29) is 18.5 Å². The number of urea groups is 1. The number of carbonyl (C=O) groups is 2. The van der Waals surface area contributed by atoms with Crippen LogP contribution in [-0.4, -0.2) is 54.5 Å². The lowest BCUT2D eigenvalue weighted by Gasteiger charge is -2.34. The molecule has 2 aromatic rings. The lowest BCUT2D eigenvalue weighted by atomic mass is 10.3. The molecular formula is C19H19Cl2N3O3. The molecule has 0 radical (unpaired) electrons. The molecule has 1 heterocycles. The molecule has 0 bridgehead atoms. The van der Waals surface area contributed by atoms with Crippen LogP contribution >= 0.6 is 23.2 Å². The lowest BCUT2D eigenvalue weighted by molar-refractivity contribution is -0.134. The van der Waals surface area contributed by atoms with E-state index in [0.29, 0.717) is 42.0 Å². The average molecular weight is 408 g/mol. The van der Waals surface area contributed by atoms with Gasteiger partial charge >= 0.3 is 6.03 Å². The Balaban J connectivity index is 1.45. The number of hydrogen-bond donors (Lipinski definition) is 1. The Kier molecular flexibility index (Phi) is 6.42. The van der Waals surface area contributed by atoms with Gasteiger partial charge in [0.15, 0.2) is 6.61 Å². The van der Waals surface area contributed by atoms with Crippen LogP contribution in [0.15, 0.2) is 48.5 Å². The zero-order valence-corrected chi connectivity index (χ0v) is 16.0. The van der Waals surface area contributed by atoms with Crippen molar-refractivity contribution in [1.82, 2.24) is 9.80 Å². The third-order valence-electron chi connectivity index (χ3n) is 4.14. The molecule has 0 atom stereocenters. The molecular weight excluding hydrogens is 389 g/mol. The summed E-state index contributed by atoms with van der Waals surface area (Å²) in [5, 5.41) is 3.74. The minimum atomic E-state index is -0.168. The molecule has 1 N–H and O–H groups in total. The van der Waals surface area contributed by atoms with Crippen molar-refractivity contribution in [1.29, 1.82) is 0 Å². The van der Waals surface area contributed by atoms with Gasteiger partial charge in [-0.25, -0.2) is 4.79 Å². The van der Waals surface area contributed by atoms with E-state index in [0.717, 1.165) is 5.69 Å². The molecule has 0 unspecified atom stereocenters. The van der Waals surface area contributed by atoms with Crippen molar-refractivity contribution in [2.24, 2.45) is 0 Å². The quantitative estimate of drug-likeness (QED) is 0.839. The molecule has 142 valence electrons. The van der Waals surface area contributed by atoms with E-state index in [1.54, 1.807) is 28.0 Å². The molecule has 3 rings (SSSR count). The predicted molar refractivity (Wildman–Crippen MR) is 106 cm³/mol. The van der Waals surface area contributed by atoms with E-state index >= 15 is 0 Å². The Hall–Kier alpha value is -2.44. The molecule has 2 aromatic carbocycles. The molecule has 0 aromatic heterocycles. The third-order valence-corrected chi connectivity index (χ3v) is 4.58. The fourth-order valence-corrected chi connectivity index (χ4v) is 3.24. The van der Waals surface area contributed by atoms with E-state index in [1.165, 1.54) is 0 Å². The second-order valence-corrected chi connectivity index (χ2v) is 6.93. The van der Waals surface area contributed by atoms with Crippen LogP contribution in [0.5, 0.6) is 5.75 Å². The van der Waals surface area contributed by atoms with Crippen LogP contribution in [0.4, 0.5) is 10.5 Å². The molecule has 0 aliphatic carbocycles. The normalized spacial score (nSPS) is 14.0. The molecule has 8 heteroatoms. The zero-order valence-electron chi connectivity index (χ0n) is 14.5. The predicted octanol–water partition coefficient (Wildman–Crippen LogP) is 3.75. The standard InChI is InChI=1S/C19H19Cl2N3O3/c20-14-10-15(21)12-17(11-14)27-13-18(25)23-6-8-24(9-7-23)19(26)22-16-4-2-1-3-5-16/h1-5,10-12H,6-9,13H2,(H,22,26). The first-order valence-corrected chi connectivity index (χ1v) is 9.24. The fraction of sp³-hybridized carbons (Fsp3) is 0.263. The zero-order chi connectivity index (χ0) is 19.2. The van der Waals surface area contributed by atoms with Crippen LogP contribution in [0.3, 0.4) is 0 Å². The van der Waals surface area contributed by atoms with Gasteiger partial charge in [0, 0.05) is 41.9 Å². The van der Waals surface area contributed by atoms with Crippen molar-refractivity contribution in [3.05, 3.63) is 58.6 Å². The van der Waals surface area contributed by atoms with Crippen molar-refractivity contribution in [3.8, 4) is 5.75 Å². The van der Waals surface area contributed by atoms with Gasteiger partial charge in [0.25, 0.3) is 5.91 Å². The lowest BCUT2D eigenvalue weighted by Crippen LogP contribution is -2.52. The molecule has 0 saturated carbocycles. The monoisotopic (exact) mass is 407 g/mol. The SMILES string of the molecule is O=C(COc1cc(Cl)cc(Cl)c1)N1CCN(C(=O)Nc2ccccc2)CC1. The number of anilines is 1. The fourth-order valence-electron chi connectivity index (χ4n) is 2.73. The van der Waals surface area contributed by atoms with Crippen LogP contribution in [-0.2, 0) is 4.79 Å². The first-order chi connectivity index (χ1) is 13.0. The second-order valence-electron chi connectivity index (χ2n) is 6.06. The number of ether oxygens (including phenoxy) is 1. The topological polar surface area (TPSA) is 61.9 Å². The van der Waals surface area contributed by atoms with Gasteiger partial charge in [-0.3, -0.25) is 4.79 Å². The molecule has 0 spiro atoms. The van der Waals surface area contributed by atoms with E-state index in [2.05, 4.69) is 5.32 Å². The number of nitrogens with zero attached hydrogens (tertiary/aromatic N) is 2. The Morgan fingerprint density at radius 2 is 1.52 bits per heavy atom. The van der Waals surface area contributed by atoms with E-state index in [1.807, 2.05) is 30.3 Å². The van der Waals surface area contributed by atoms with Crippen LogP contribution in [0.1, 0.15) is 0 Å². The van der Waals surface area contributed by atoms with E-state index < -0.39 is 0 Å². The summed E-state index contributed by atoms with van der Waals surface area (Å²) in [7, 11) is 0. The van der Waals surface area contributed by atoms with Gasteiger partial charge in [-0.2, -0.15) is 0 Å². The number of nitrogens with one attached hydrogen (secondary N) is 1. The summed E-state index contributed by atoms with van der Waals surface area (Å²) in [5.74, 6) is 0.302. The highest BCUT2D eigenvalue weighted by molar-refractivity contribution is 6.34. The van der Waals surface area contributed by atoms with Crippen molar-refractivity contribution in [3.63, 3.8) is 0 Å². The highest BCUT2D eigenvalue weighted by atomic mass is 35.5. The van der Waals surface area contributed by atoms with Crippen molar-refractivity contribution in [2.75, 3.05) is 38.1 Å². The number of carbonyl (C=O) groups excluding carboxylic acids is 2. The van der Waals surface area contributed by atoms with Crippen LogP contribution < -0.4 is 10.1 Å². The number of amides is 3. The average Bonchev–Trinajstić information content (AvgIpc) is 2.66.